The smallest absolute Gasteiger partial charge is 0.408 e. The van der Waals surface area contributed by atoms with Crippen LogP contribution in [-0.2, 0) is 14.3 Å². The van der Waals surface area contributed by atoms with Gasteiger partial charge in [0.2, 0.25) is 0 Å². The maximum absolute atomic E-state index is 12.3. The van der Waals surface area contributed by atoms with E-state index in [0.29, 0.717) is 12.0 Å². The number of carbonyl (C=O) groups is 3. The molecular weight excluding hydrogens is 322 g/mol. The number of benzene rings is 1. The number of nitrogens with one attached hydrogen (secondary N) is 1. The highest BCUT2D eigenvalue weighted by Gasteiger charge is 2.26. The van der Waals surface area contributed by atoms with E-state index in [0.717, 1.165) is 0 Å². The van der Waals surface area contributed by atoms with Gasteiger partial charge >= 0.3 is 12.1 Å². The highest BCUT2D eigenvalue weighted by molar-refractivity contribution is 5.98. The lowest BCUT2D eigenvalue weighted by molar-refractivity contribution is -0.145. The van der Waals surface area contributed by atoms with Crippen molar-refractivity contribution in [3.8, 4) is 0 Å². The van der Waals surface area contributed by atoms with Crippen molar-refractivity contribution < 1.29 is 23.9 Å². The Balaban J connectivity index is 2.64. The molecule has 0 heterocycles. The van der Waals surface area contributed by atoms with E-state index in [1.54, 1.807) is 51.1 Å². The van der Waals surface area contributed by atoms with Crippen LogP contribution in [0.1, 0.15) is 51.4 Å². The van der Waals surface area contributed by atoms with Gasteiger partial charge < -0.3 is 14.8 Å². The van der Waals surface area contributed by atoms with E-state index >= 15 is 0 Å². The van der Waals surface area contributed by atoms with E-state index in [9.17, 15) is 14.4 Å². The molecule has 6 nitrogen and oxygen atoms in total. The molecule has 1 N–H and O–H groups in total. The number of amides is 1. The van der Waals surface area contributed by atoms with E-state index in [1.165, 1.54) is 0 Å². The minimum absolute atomic E-state index is 0.150. The molecule has 0 bridgehead atoms. The van der Waals surface area contributed by atoms with Crippen molar-refractivity contribution >= 4 is 17.8 Å². The number of alkyl carbamates (subject to hydrolysis) is 1. The second-order valence-electron chi connectivity index (χ2n) is 7.23. The summed E-state index contributed by atoms with van der Waals surface area (Å²) in [6, 6.07) is 7.72. The highest BCUT2D eigenvalue weighted by atomic mass is 16.6. The molecule has 0 unspecified atom stereocenters. The molecule has 0 aliphatic rings. The van der Waals surface area contributed by atoms with Crippen LogP contribution in [0.15, 0.2) is 30.3 Å². The molecule has 0 saturated carbocycles. The molecule has 1 rings (SSSR count). The fraction of sp³-hybridized carbons (Fsp3) is 0.526. The number of esters is 1. The Morgan fingerprint density at radius 3 is 2.20 bits per heavy atom. The average Bonchev–Trinajstić information content (AvgIpc) is 2.50. The van der Waals surface area contributed by atoms with Gasteiger partial charge in [-0.3, -0.25) is 4.79 Å². The molecule has 138 valence electrons. The summed E-state index contributed by atoms with van der Waals surface area (Å²) >= 11 is 0. The first kappa shape index (κ1) is 20.7. The molecule has 1 aromatic carbocycles. The van der Waals surface area contributed by atoms with Crippen LogP contribution in [0.2, 0.25) is 0 Å². The van der Waals surface area contributed by atoms with Crippen LogP contribution in [0.3, 0.4) is 0 Å². The molecule has 0 saturated heterocycles. The maximum atomic E-state index is 12.3. The standard InChI is InChI=1S/C19H27NO5/c1-13(2)11-15(20-18(23)25-19(3,4)5)17(22)24-12-16(21)14-9-7-6-8-10-14/h6-10,13,15H,11-12H2,1-5H3,(H,20,23)/t15-/m0/s1. The van der Waals surface area contributed by atoms with E-state index in [4.69, 9.17) is 9.47 Å². The predicted octanol–water partition coefficient (Wildman–Crippen LogP) is 3.35. The summed E-state index contributed by atoms with van der Waals surface area (Å²) in [5, 5.41) is 2.52. The SMILES string of the molecule is CC(C)C[C@H](NC(=O)OC(C)(C)C)C(=O)OCC(=O)c1ccccc1. The van der Waals surface area contributed by atoms with Crippen molar-refractivity contribution in [1.82, 2.24) is 5.32 Å². The van der Waals surface area contributed by atoms with Gasteiger partial charge in [0, 0.05) is 5.56 Å². The lowest BCUT2D eigenvalue weighted by Gasteiger charge is -2.23. The van der Waals surface area contributed by atoms with Crippen LogP contribution in [0.4, 0.5) is 4.79 Å². The van der Waals surface area contributed by atoms with Gasteiger partial charge in [0.1, 0.15) is 11.6 Å². The Hall–Kier alpha value is -2.37. The predicted molar refractivity (Wildman–Crippen MR) is 94.3 cm³/mol. The topological polar surface area (TPSA) is 81.7 Å². The summed E-state index contributed by atoms with van der Waals surface area (Å²) in [6.45, 7) is 8.69. The zero-order valence-corrected chi connectivity index (χ0v) is 15.5. The lowest BCUT2D eigenvalue weighted by atomic mass is 10.0. The first-order chi connectivity index (χ1) is 11.6. The summed E-state index contributed by atoms with van der Waals surface area (Å²) in [4.78, 5) is 36.2. The molecule has 0 aliphatic heterocycles. The van der Waals surface area contributed by atoms with Crippen molar-refractivity contribution in [1.29, 1.82) is 0 Å². The van der Waals surface area contributed by atoms with Gasteiger partial charge in [-0.25, -0.2) is 9.59 Å². The van der Waals surface area contributed by atoms with Crippen molar-refractivity contribution in [3.63, 3.8) is 0 Å². The molecule has 6 heteroatoms. The average molecular weight is 349 g/mol. The minimum atomic E-state index is -0.863. The van der Waals surface area contributed by atoms with E-state index < -0.39 is 23.7 Å². The molecule has 0 aliphatic carbocycles. The van der Waals surface area contributed by atoms with Crippen molar-refractivity contribution in [2.45, 2.75) is 52.7 Å². The summed E-state index contributed by atoms with van der Waals surface area (Å²) in [7, 11) is 0. The Labute approximate surface area is 148 Å². The van der Waals surface area contributed by atoms with Crippen LogP contribution in [-0.4, -0.2) is 36.1 Å². The van der Waals surface area contributed by atoms with Gasteiger partial charge in [-0.15, -0.1) is 0 Å². The fourth-order valence-corrected chi connectivity index (χ4v) is 2.08. The second-order valence-corrected chi connectivity index (χ2v) is 7.23. The third-order valence-electron chi connectivity index (χ3n) is 3.12. The number of ketones is 1. The molecule has 0 radical (unpaired) electrons. The third-order valence-corrected chi connectivity index (χ3v) is 3.12. The van der Waals surface area contributed by atoms with Crippen LogP contribution in [0.5, 0.6) is 0 Å². The van der Waals surface area contributed by atoms with Crippen molar-refractivity contribution in [2.75, 3.05) is 6.61 Å². The zero-order valence-electron chi connectivity index (χ0n) is 15.5. The normalized spacial score (nSPS) is 12.4. The largest absolute Gasteiger partial charge is 0.456 e. The van der Waals surface area contributed by atoms with E-state index in [1.807, 2.05) is 13.8 Å². The highest BCUT2D eigenvalue weighted by Crippen LogP contribution is 2.11. The van der Waals surface area contributed by atoms with Gasteiger partial charge in [0.05, 0.1) is 0 Å². The first-order valence-corrected chi connectivity index (χ1v) is 8.33. The lowest BCUT2D eigenvalue weighted by Crippen LogP contribution is -2.45. The molecular formula is C19H27NO5. The maximum Gasteiger partial charge on any atom is 0.408 e. The van der Waals surface area contributed by atoms with E-state index in [2.05, 4.69) is 5.32 Å². The zero-order chi connectivity index (χ0) is 19.0. The Bertz CT molecular complexity index is 590. The van der Waals surface area contributed by atoms with Gasteiger partial charge in [0.25, 0.3) is 0 Å². The summed E-state index contributed by atoms with van der Waals surface area (Å²) in [5.74, 6) is -0.796. The summed E-state index contributed by atoms with van der Waals surface area (Å²) in [5.41, 5.74) is -0.199. The molecule has 0 fully saturated rings. The van der Waals surface area contributed by atoms with Gasteiger partial charge in [-0.05, 0) is 33.1 Å². The van der Waals surface area contributed by atoms with Crippen molar-refractivity contribution in [2.24, 2.45) is 5.92 Å². The minimum Gasteiger partial charge on any atom is -0.456 e. The monoisotopic (exact) mass is 349 g/mol. The van der Waals surface area contributed by atoms with Crippen LogP contribution in [0.25, 0.3) is 0 Å². The molecule has 0 aromatic heterocycles. The number of ether oxygens (including phenoxy) is 2. The number of hydrogen-bond acceptors (Lipinski definition) is 5. The number of Topliss-reactive ketones (excluding diaryl/α,β-unsaturated/α-hetero) is 1. The Morgan fingerprint density at radius 1 is 1.08 bits per heavy atom. The first-order valence-electron chi connectivity index (χ1n) is 8.33. The Kier molecular flexibility index (Phi) is 7.61. The summed E-state index contributed by atoms with van der Waals surface area (Å²) < 4.78 is 10.3. The summed E-state index contributed by atoms with van der Waals surface area (Å²) in [6.07, 6.45) is -0.304. The molecule has 1 atom stereocenters. The molecule has 1 aromatic rings. The van der Waals surface area contributed by atoms with Crippen LogP contribution >= 0.6 is 0 Å². The third kappa shape index (κ3) is 8.33. The Morgan fingerprint density at radius 2 is 1.68 bits per heavy atom. The second kappa shape index (κ2) is 9.20. The molecule has 1 amide bonds. The quantitative estimate of drug-likeness (QED) is 0.603. The molecule has 25 heavy (non-hydrogen) atoms. The van der Waals surface area contributed by atoms with Crippen molar-refractivity contribution in [3.05, 3.63) is 35.9 Å². The van der Waals surface area contributed by atoms with E-state index in [-0.39, 0.29) is 18.3 Å². The fourth-order valence-electron chi connectivity index (χ4n) is 2.08. The van der Waals surface area contributed by atoms with Gasteiger partial charge in [0.15, 0.2) is 12.4 Å². The number of carbonyl (C=O) groups excluding carboxylic acids is 3. The van der Waals surface area contributed by atoms with Crippen LogP contribution in [0, 0.1) is 5.92 Å². The van der Waals surface area contributed by atoms with Gasteiger partial charge in [-0.2, -0.15) is 0 Å². The van der Waals surface area contributed by atoms with Gasteiger partial charge in [-0.1, -0.05) is 44.2 Å². The number of rotatable bonds is 7. The van der Waals surface area contributed by atoms with Crippen LogP contribution < -0.4 is 5.32 Å². The molecule has 0 spiro atoms. The number of hydrogen-bond donors (Lipinski definition) is 1.